The average molecular weight is 223 g/mol. The molecule has 0 aliphatic carbocycles. The summed E-state index contributed by atoms with van der Waals surface area (Å²) >= 11 is 0. The van der Waals surface area contributed by atoms with Gasteiger partial charge in [0.15, 0.2) is 0 Å². The molecule has 1 heterocycles. The highest BCUT2D eigenvalue weighted by atomic mass is 16.1. The van der Waals surface area contributed by atoms with E-state index in [1.807, 2.05) is 6.92 Å². The molecule has 16 heavy (non-hydrogen) atoms. The summed E-state index contributed by atoms with van der Waals surface area (Å²) in [5.74, 6) is -0.0245. The fraction of sp³-hybridized carbons (Fsp3) is 0.455. The maximum absolute atomic E-state index is 11.3. The molecule has 0 aromatic carbocycles. The van der Waals surface area contributed by atoms with Crippen molar-refractivity contribution >= 4 is 5.91 Å². The van der Waals surface area contributed by atoms with Gasteiger partial charge in [-0.05, 0) is 18.9 Å². The Morgan fingerprint density at radius 3 is 2.88 bits per heavy atom. The van der Waals surface area contributed by atoms with Gasteiger partial charge in [0.05, 0.1) is 0 Å². The molecular weight excluding hydrogens is 206 g/mol. The molecule has 88 valence electrons. The molecule has 1 rings (SSSR count). The molecule has 0 bridgehead atoms. The zero-order valence-corrected chi connectivity index (χ0v) is 9.32. The lowest BCUT2D eigenvalue weighted by molar-refractivity contribution is -0.121. The lowest BCUT2D eigenvalue weighted by Crippen LogP contribution is -2.25. The van der Waals surface area contributed by atoms with Crippen LogP contribution in [-0.2, 0) is 11.3 Å². The van der Waals surface area contributed by atoms with Crippen molar-refractivity contribution in [3.63, 3.8) is 0 Å². The number of aromatic nitrogens is 1. The second kappa shape index (κ2) is 6.07. The molecule has 1 unspecified atom stereocenters. The molecule has 4 N–H and O–H groups in total. The highest BCUT2D eigenvalue weighted by molar-refractivity contribution is 5.75. The summed E-state index contributed by atoms with van der Waals surface area (Å²) in [6.45, 7) is 2.30. The van der Waals surface area contributed by atoms with E-state index in [0.29, 0.717) is 19.4 Å². The summed E-state index contributed by atoms with van der Waals surface area (Å²) in [7, 11) is 0. The van der Waals surface area contributed by atoms with Crippen molar-refractivity contribution in [3.8, 4) is 0 Å². The number of aromatic amines is 1. The smallest absolute Gasteiger partial charge is 0.247 e. The first-order valence-corrected chi connectivity index (χ1v) is 5.28. The third-order valence-electron chi connectivity index (χ3n) is 2.17. The molecule has 0 fully saturated rings. The predicted octanol–water partition coefficient (Wildman–Crippen LogP) is 0.118. The Labute approximate surface area is 94.1 Å². The summed E-state index contributed by atoms with van der Waals surface area (Å²) in [5, 5.41) is 2.76. The van der Waals surface area contributed by atoms with Gasteiger partial charge in [0.2, 0.25) is 11.5 Å². The van der Waals surface area contributed by atoms with E-state index in [2.05, 4.69) is 10.3 Å². The Hall–Kier alpha value is -1.62. The van der Waals surface area contributed by atoms with Crippen molar-refractivity contribution in [2.75, 3.05) is 0 Å². The molecule has 1 aromatic rings. The molecule has 5 nitrogen and oxygen atoms in total. The van der Waals surface area contributed by atoms with Gasteiger partial charge in [-0.3, -0.25) is 9.59 Å². The maximum atomic E-state index is 11.3. The minimum absolute atomic E-state index is 0.0245. The number of H-pyrrole nitrogens is 1. The quantitative estimate of drug-likeness (QED) is 0.662. The highest BCUT2D eigenvalue weighted by Crippen LogP contribution is 1.96. The van der Waals surface area contributed by atoms with Crippen LogP contribution in [0, 0.1) is 0 Å². The maximum Gasteiger partial charge on any atom is 0.247 e. The van der Waals surface area contributed by atoms with Gasteiger partial charge < -0.3 is 16.0 Å². The molecule has 1 aromatic heterocycles. The van der Waals surface area contributed by atoms with Crippen molar-refractivity contribution in [1.29, 1.82) is 0 Å². The molecule has 5 heteroatoms. The average Bonchev–Trinajstić information content (AvgIpc) is 2.25. The number of carbonyl (C=O) groups is 1. The normalized spacial score (nSPS) is 12.1. The van der Waals surface area contributed by atoms with Crippen LogP contribution >= 0.6 is 0 Å². The topological polar surface area (TPSA) is 88.0 Å². The van der Waals surface area contributed by atoms with Gasteiger partial charge in [-0.2, -0.15) is 0 Å². The van der Waals surface area contributed by atoms with E-state index in [1.165, 1.54) is 6.07 Å². The van der Waals surface area contributed by atoms with E-state index in [0.717, 1.165) is 5.56 Å². The molecule has 1 amide bonds. The highest BCUT2D eigenvalue weighted by Gasteiger charge is 2.03. The molecule has 0 saturated heterocycles. The van der Waals surface area contributed by atoms with Crippen molar-refractivity contribution in [2.45, 2.75) is 32.4 Å². The Morgan fingerprint density at radius 1 is 1.56 bits per heavy atom. The molecular formula is C11H17N3O2. The Morgan fingerprint density at radius 2 is 2.31 bits per heavy atom. The van der Waals surface area contributed by atoms with Gasteiger partial charge >= 0.3 is 0 Å². The molecule has 0 aliphatic rings. The molecule has 0 radical (unpaired) electrons. The third kappa shape index (κ3) is 4.75. The van der Waals surface area contributed by atoms with Crippen molar-refractivity contribution in [2.24, 2.45) is 5.73 Å². The van der Waals surface area contributed by atoms with Crippen molar-refractivity contribution in [3.05, 3.63) is 34.2 Å². The third-order valence-corrected chi connectivity index (χ3v) is 2.17. The fourth-order valence-corrected chi connectivity index (χ4v) is 1.20. The van der Waals surface area contributed by atoms with Crippen LogP contribution in [0.25, 0.3) is 0 Å². The van der Waals surface area contributed by atoms with E-state index in [1.54, 1.807) is 12.3 Å². The first-order valence-electron chi connectivity index (χ1n) is 5.28. The number of hydrogen-bond acceptors (Lipinski definition) is 3. The van der Waals surface area contributed by atoms with Gasteiger partial charge in [-0.25, -0.2) is 0 Å². The van der Waals surface area contributed by atoms with Crippen LogP contribution in [0.5, 0.6) is 0 Å². The van der Waals surface area contributed by atoms with Crippen LogP contribution in [0.1, 0.15) is 25.3 Å². The first kappa shape index (κ1) is 12.4. The number of nitrogens with two attached hydrogens (primary N) is 1. The van der Waals surface area contributed by atoms with Crippen LogP contribution < -0.4 is 16.6 Å². The lowest BCUT2D eigenvalue weighted by Gasteiger charge is -2.06. The second-order valence-corrected chi connectivity index (χ2v) is 3.85. The molecule has 0 saturated carbocycles. The number of nitrogens with one attached hydrogen (secondary N) is 2. The van der Waals surface area contributed by atoms with Gasteiger partial charge in [-0.1, -0.05) is 6.07 Å². The summed E-state index contributed by atoms with van der Waals surface area (Å²) < 4.78 is 0. The van der Waals surface area contributed by atoms with Gasteiger partial charge in [0.1, 0.15) is 0 Å². The van der Waals surface area contributed by atoms with Crippen molar-refractivity contribution in [1.82, 2.24) is 10.3 Å². The number of rotatable bonds is 5. The summed E-state index contributed by atoms with van der Waals surface area (Å²) in [6, 6.07) is 3.16. The Bertz CT molecular complexity index is 378. The largest absolute Gasteiger partial charge is 0.352 e. The minimum Gasteiger partial charge on any atom is -0.352 e. The molecule has 0 aliphatic heterocycles. The van der Waals surface area contributed by atoms with E-state index in [-0.39, 0.29) is 17.5 Å². The zero-order valence-electron chi connectivity index (χ0n) is 9.32. The van der Waals surface area contributed by atoms with Gasteiger partial charge in [0.25, 0.3) is 0 Å². The summed E-state index contributed by atoms with van der Waals surface area (Å²) in [4.78, 5) is 24.7. The van der Waals surface area contributed by atoms with E-state index < -0.39 is 0 Å². The monoisotopic (exact) mass is 223 g/mol. The van der Waals surface area contributed by atoms with Crippen molar-refractivity contribution < 1.29 is 4.79 Å². The van der Waals surface area contributed by atoms with Crippen LogP contribution in [0.2, 0.25) is 0 Å². The summed E-state index contributed by atoms with van der Waals surface area (Å²) in [6.07, 6.45) is 2.70. The van der Waals surface area contributed by atoms with E-state index >= 15 is 0 Å². The number of pyridine rings is 1. The summed E-state index contributed by atoms with van der Waals surface area (Å²) in [5.41, 5.74) is 6.27. The first-order chi connectivity index (χ1) is 7.58. The number of amides is 1. The molecule has 1 atom stereocenters. The van der Waals surface area contributed by atoms with E-state index in [4.69, 9.17) is 5.73 Å². The van der Waals surface area contributed by atoms with Crippen LogP contribution in [-0.4, -0.2) is 16.9 Å². The standard InChI is InChI=1S/C11H17N3O2/c1-8(12)2-4-10(15)13-6-9-3-5-11(16)14-7-9/h3,5,7-8H,2,4,6,12H2,1H3,(H,13,15)(H,14,16). The Balaban J connectivity index is 2.31. The van der Waals surface area contributed by atoms with Crippen LogP contribution in [0.4, 0.5) is 0 Å². The fourth-order valence-electron chi connectivity index (χ4n) is 1.20. The zero-order chi connectivity index (χ0) is 12.0. The van der Waals surface area contributed by atoms with Gasteiger partial charge in [0, 0.05) is 31.3 Å². The lowest BCUT2D eigenvalue weighted by atomic mass is 10.2. The molecule has 0 spiro atoms. The van der Waals surface area contributed by atoms with Crippen LogP contribution in [0.3, 0.4) is 0 Å². The van der Waals surface area contributed by atoms with Gasteiger partial charge in [-0.15, -0.1) is 0 Å². The Kier molecular flexibility index (Phi) is 4.72. The van der Waals surface area contributed by atoms with Crippen LogP contribution in [0.15, 0.2) is 23.1 Å². The number of carbonyl (C=O) groups excluding carboxylic acids is 1. The second-order valence-electron chi connectivity index (χ2n) is 3.85. The predicted molar refractivity (Wildman–Crippen MR) is 61.8 cm³/mol. The SMILES string of the molecule is CC(N)CCC(=O)NCc1ccc(=O)[nH]c1. The minimum atomic E-state index is -0.146. The number of hydrogen-bond donors (Lipinski definition) is 3. The van der Waals surface area contributed by atoms with E-state index in [9.17, 15) is 9.59 Å².